The van der Waals surface area contributed by atoms with E-state index >= 15 is 0 Å². The zero-order chi connectivity index (χ0) is 12.8. The van der Waals surface area contributed by atoms with Crippen molar-refractivity contribution in [2.45, 2.75) is 17.7 Å². The van der Waals surface area contributed by atoms with Crippen molar-refractivity contribution in [3.8, 4) is 0 Å². The summed E-state index contributed by atoms with van der Waals surface area (Å²) in [5, 5.41) is 3.04. The smallest absolute Gasteiger partial charge is 0.219 e. The minimum absolute atomic E-state index is 0.0499. The van der Waals surface area contributed by atoms with Crippen LogP contribution >= 0.6 is 11.6 Å². The largest absolute Gasteiger partial charge is 0.398 e. The summed E-state index contributed by atoms with van der Waals surface area (Å²) in [7, 11) is 0.395. The van der Waals surface area contributed by atoms with Crippen LogP contribution in [0, 0.1) is 0 Å². The molecule has 0 radical (unpaired) electrons. The third kappa shape index (κ3) is 4.36. The lowest BCUT2D eigenvalue weighted by Crippen LogP contribution is -2.18. The highest BCUT2D eigenvalue weighted by Crippen LogP contribution is 2.21. The predicted molar refractivity (Wildman–Crippen MR) is 70.4 cm³/mol. The molecule has 0 aliphatic rings. The highest BCUT2D eigenvalue weighted by Gasteiger charge is 2.09. The number of hydrogen-bond donors (Lipinski definition) is 2. The van der Waals surface area contributed by atoms with Crippen LogP contribution in [0.15, 0.2) is 23.1 Å². The van der Waals surface area contributed by atoms with Gasteiger partial charge in [0, 0.05) is 29.9 Å². The van der Waals surface area contributed by atoms with Crippen molar-refractivity contribution in [2.24, 2.45) is 0 Å². The summed E-state index contributed by atoms with van der Waals surface area (Å²) in [6.07, 6.45) is 0.935. The molecule has 0 saturated carbocycles. The van der Waals surface area contributed by atoms with Gasteiger partial charge in [-0.05, 0) is 24.6 Å². The quantitative estimate of drug-likeness (QED) is 0.801. The molecule has 0 aromatic heterocycles. The van der Waals surface area contributed by atoms with Gasteiger partial charge in [0.05, 0.1) is 15.7 Å². The van der Waals surface area contributed by atoms with E-state index in [-0.39, 0.29) is 5.91 Å². The molecular weight excluding hydrogens is 260 g/mol. The first-order chi connectivity index (χ1) is 8.04. The van der Waals surface area contributed by atoms with Crippen molar-refractivity contribution >= 4 is 34.0 Å². The summed E-state index contributed by atoms with van der Waals surface area (Å²) in [5.41, 5.74) is 6.15. The Hall–Kier alpha value is -1.07. The number of hydrogen-bond acceptors (Lipinski definition) is 3. The number of amides is 1. The fraction of sp³-hybridized carbons (Fsp3) is 0.364. The summed E-state index contributed by atoms with van der Waals surface area (Å²) in [6, 6.07) is 4.89. The molecule has 0 aliphatic heterocycles. The maximum Gasteiger partial charge on any atom is 0.219 e. The molecule has 0 aliphatic carbocycles. The van der Waals surface area contributed by atoms with E-state index in [2.05, 4.69) is 5.32 Å². The van der Waals surface area contributed by atoms with Crippen LogP contribution in [0.1, 0.15) is 12.8 Å². The Kier molecular flexibility index (Phi) is 5.44. The third-order valence-corrected chi connectivity index (χ3v) is 3.99. The lowest BCUT2D eigenvalue weighted by Gasteiger charge is -2.06. The van der Waals surface area contributed by atoms with Crippen LogP contribution in [-0.4, -0.2) is 22.9 Å². The molecule has 1 rings (SSSR count). The van der Waals surface area contributed by atoms with E-state index in [0.29, 0.717) is 34.2 Å². The van der Waals surface area contributed by atoms with Gasteiger partial charge in [0.15, 0.2) is 0 Å². The molecule has 1 aromatic carbocycles. The van der Waals surface area contributed by atoms with E-state index in [0.717, 1.165) is 0 Å². The monoisotopic (exact) mass is 274 g/mol. The summed E-state index contributed by atoms with van der Waals surface area (Å²) in [4.78, 5) is 11.6. The molecule has 3 N–H and O–H groups in total. The van der Waals surface area contributed by atoms with E-state index < -0.39 is 10.8 Å². The van der Waals surface area contributed by atoms with Crippen molar-refractivity contribution in [3.05, 3.63) is 23.2 Å². The third-order valence-electron chi connectivity index (χ3n) is 2.23. The molecule has 17 heavy (non-hydrogen) atoms. The second-order valence-corrected chi connectivity index (χ2v) is 5.48. The molecule has 1 unspecified atom stereocenters. The molecule has 1 atom stereocenters. The van der Waals surface area contributed by atoms with Gasteiger partial charge in [-0.3, -0.25) is 9.00 Å². The van der Waals surface area contributed by atoms with Gasteiger partial charge < -0.3 is 11.1 Å². The van der Waals surface area contributed by atoms with Crippen molar-refractivity contribution in [2.75, 3.05) is 18.5 Å². The molecule has 0 spiro atoms. The van der Waals surface area contributed by atoms with Crippen LogP contribution in [0.25, 0.3) is 0 Å². The molecule has 1 amide bonds. The van der Waals surface area contributed by atoms with Crippen molar-refractivity contribution in [1.82, 2.24) is 5.32 Å². The summed E-state index contributed by atoms with van der Waals surface area (Å²) in [6.45, 7) is 0. The first-order valence-corrected chi connectivity index (χ1v) is 6.88. The Morgan fingerprint density at radius 3 is 2.82 bits per heavy atom. The standard InChI is InChI=1S/C11H15ClN2O2S/c1-14-11(15)3-2-6-17(16)10-5-4-8(12)7-9(10)13/h4-5,7H,2-3,6,13H2,1H3,(H,14,15). The number of carbonyl (C=O) groups is 1. The summed E-state index contributed by atoms with van der Waals surface area (Å²) in [5.74, 6) is 0.366. The van der Waals surface area contributed by atoms with Gasteiger partial charge in [-0.25, -0.2) is 0 Å². The molecule has 1 aromatic rings. The molecule has 0 heterocycles. The minimum atomic E-state index is -1.19. The fourth-order valence-electron chi connectivity index (χ4n) is 1.33. The lowest BCUT2D eigenvalue weighted by atomic mass is 10.3. The van der Waals surface area contributed by atoms with E-state index in [1.54, 1.807) is 25.2 Å². The topological polar surface area (TPSA) is 72.2 Å². The van der Waals surface area contributed by atoms with Crippen LogP contribution in [-0.2, 0) is 15.6 Å². The van der Waals surface area contributed by atoms with Crippen molar-refractivity contribution < 1.29 is 9.00 Å². The number of nitrogen functional groups attached to an aromatic ring is 1. The van der Waals surface area contributed by atoms with Crippen LogP contribution in [0.4, 0.5) is 5.69 Å². The zero-order valence-electron chi connectivity index (χ0n) is 9.53. The Bertz CT molecular complexity index is 437. The van der Waals surface area contributed by atoms with Crippen molar-refractivity contribution in [1.29, 1.82) is 0 Å². The number of nitrogens with one attached hydrogen (secondary N) is 1. The molecule has 94 valence electrons. The maximum absolute atomic E-state index is 11.9. The van der Waals surface area contributed by atoms with Gasteiger partial charge in [0.25, 0.3) is 0 Å². The molecule has 0 saturated heterocycles. The van der Waals surface area contributed by atoms with Crippen LogP contribution in [0.3, 0.4) is 0 Å². The molecular formula is C11H15ClN2O2S. The number of benzene rings is 1. The van der Waals surface area contributed by atoms with E-state index in [4.69, 9.17) is 17.3 Å². The average molecular weight is 275 g/mol. The van der Waals surface area contributed by atoms with Crippen LogP contribution in [0.2, 0.25) is 5.02 Å². The maximum atomic E-state index is 11.9. The van der Waals surface area contributed by atoms with Crippen molar-refractivity contribution in [3.63, 3.8) is 0 Å². The second-order valence-electron chi connectivity index (χ2n) is 3.51. The van der Waals surface area contributed by atoms with Gasteiger partial charge in [0.2, 0.25) is 5.91 Å². The van der Waals surface area contributed by atoms with E-state index in [1.807, 2.05) is 0 Å². The minimum Gasteiger partial charge on any atom is -0.398 e. The van der Waals surface area contributed by atoms with Gasteiger partial charge >= 0.3 is 0 Å². The molecule has 6 heteroatoms. The zero-order valence-corrected chi connectivity index (χ0v) is 11.1. The highest BCUT2D eigenvalue weighted by molar-refractivity contribution is 7.85. The van der Waals surface area contributed by atoms with E-state index in [1.165, 1.54) is 0 Å². The Morgan fingerprint density at radius 1 is 1.53 bits per heavy atom. The number of carbonyl (C=O) groups excluding carboxylic acids is 1. The van der Waals surface area contributed by atoms with Crippen LogP contribution in [0.5, 0.6) is 0 Å². The highest BCUT2D eigenvalue weighted by atomic mass is 35.5. The molecule has 4 nitrogen and oxygen atoms in total. The van der Waals surface area contributed by atoms with Crippen LogP contribution < -0.4 is 11.1 Å². The van der Waals surface area contributed by atoms with Gasteiger partial charge in [0.1, 0.15) is 0 Å². The number of nitrogens with two attached hydrogens (primary N) is 1. The second kappa shape index (κ2) is 6.61. The first-order valence-electron chi connectivity index (χ1n) is 5.18. The summed E-state index contributed by atoms with van der Waals surface area (Å²) < 4.78 is 11.9. The Balaban J connectivity index is 2.55. The SMILES string of the molecule is CNC(=O)CCCS(=O)c1ccc(Cl)cc1N. The number of anilines is 1. The summed E-state index contributed by atoms with van der Waals surface area (Å²) >= 11 is 5.75. The Labute approximate surface area is 108 Å². The van der Waals surface area contributed by atoms with Gasteiger partial charge in [-0.2, -0.15) is 0 Å². The number of rotatable bonds is 5. The van der Waals surface area contributed by atoms with Gasteiger partial charge in [-0.1, -0.05) is 11.6 Å². The Morgan fingerprint density at radius 2 is 2.24 bits per heavy atom. The predicted octanol–water partition coefficient (Wildman–Crippen LogP) is 1.56. The molecule has 0 fully saturated rings. The van der Waals surface area contributed by atoms with Gasteiger partial charge in [-0.15, -0.1) is 0 Å². The lowest BCUT2D eigenvalue weighted by molar-refractivity contribution is -0.120. The fourth-order valence-corrected chi connectivity index (χ4v) is 2.67. The van der Waals surface area contributed by atoms with E-state index in [9.17, 15) is 9.00 Å². The average Bonchev–Trinajstić information content (AvgIpc) is 2.28. The number of halogens is 1. The first kappa shape index (κ1) is 14.0. The normalized spacial score (nSPS) is 12.1. The molecule has 0 bridgehead atoms.